The summed E-state index contributed by atoms with van der Waals surface area (Å²) >= 11 is 0. The minimum atomic E-state index is -0.361. The van der Waals surface area contributed by atoms with Crippen molar-refractivity contribution in [3.63, 3.8) is 0 Å². The quantitative estimate of drug-likeness (QED) is 0.608. The smallest absolute Gasteiger partial charge is 0.337 e. The normalized spacial score (nSPS) is 10.1. The highest BCUT2D eigenvalue weighted by Gasteiger charge is 2.09. The molecule has 0 aliphatic rings. The molecule has 0 bridgehead atoms. The first-order valence-corrected chi connectivity index (χ1v) is 5.77. The Morgan fingerprint density at radius 1 is 1.41 bits per heavy atom. The predicted octanol–water partition coefficient (Wildman–Crippen LogP) is 2.11. The van der Waals surface area contributed by atoms with Gasteiger partial charge in [0.05, 0.1) is 19.3 Å². The molecule has 0 aliphatic heterocycles. The molecule has 2 N–H and O–H groups in total. The number of carbonyl (C=O) groups is 1. The van der Waals surface area contributed by atoms with Gasteiger partial charge in [0, 0.05) is 12.1 Å². The highest BCUT2D eigenvalue weighted by Crippen LogP contribution is 2.20. The van der Waals surface area contributed by atoms with E-state index in [-0.39, 0.29) is 5.97 Å². The summed E-state index contributed by atoms with van der Waals surface area (Å²) in [6.07, 6.45) is 2.08. The maximum Gasteiger partial charge on any atom is 0.337 e. The summed E-state index contributed by atoms with van der Waals surface area (Å²) < 4.78 is 10.3. The first-order valence-electron chi connectivity index (χ1n) is 5.77. The SMILES string of the molecule is CCCCOc1ccc(C(=O)OC)cc1CN. The summed E-state index contributed by atoms with van der Waals surface area (Å²) in [6, 6.07) is 5.17. The monoisotopic (exact) mass is 237 g/mol. The molecule has 0 radical (unpaired) electrons. The molecule has 0 saturated carbocycles. The van der Waals surface area contributed by atoms with Crippen molar-refractivity contribution in [3.05, 3.63) is 29.3 Å². The lowest BCUT2D eigenvalue weighted by molar-refractivity contribution is 0.0600. The van der Waals surface area contributed by atoms with E-state index in [4.69, 9.17) is 10.5 Å². The number of ether oxygens (including phenoxy) is 2. The molecule has 17 heavy (non-hydrogen) atoms. The number of nitrogens with two attached hydrogens (primary N) is 1. The summed E-state index contributed by atoms with van der Waals surface area (Å²) in [5.41, 5.74) is 6.95. The van der Waals surface area contributed by atoms with Gasteiger partial charge in [-0.3, -0.25) is 0 Å². The van der Waals surface area contributed by atoms with E-state index in [1.807, 2.05) is 0 Å². The summed E-state index contributed by atoms with van der Waals surface area (Å²) in [5.74, 6) is 0.383. The Balaban J connectivity index is 2.81. The number of rotatable bonds is 6. The van der Waals surface area contributed by atoms with Crippen LogP contribution in [0.4, 0.5) is 0 Å². The molecule has 0 atom stereocenters. The fraction of sp³-hybridized carbons (Fsp3) is 0.462. The van der Waals surface area contributed by atoms with E-state index in [2.05, 4.69) is 11.7 Å². The molecular formula is C13H19NO3. The van der Waals surface area contributed by atoms with E-state index in [9.17, 15) is 4.79 Å². The fourth-order valence-corrected chi connectivity index (χ4v) is 1.45. The van der Waals surface area contributed by atoms with Crippen LogP contribution < -0.4 is 10.5 Å². The number of hydrogen-bond donors (Lipinski definition) is 1. The van der Waals surface area contributed by atoms with E-state index < -0.39 is 0 Å². The minimum Gasteiger partial charge on any atom is -0.493 e. The maximum atomic E-state index is 11.3. The molecule has 4 nitrogen and oxygen atoms in total. The van der Waals surface area contributed by atoms with Crippen molar-refractivity contribution in [3.8, 4) is 5.75 Å². The fourth-order valence-electron chi connectivity index (χ4n) is 1.45. The minimum absolute atomic E-state index is 0.340. The second kappa shape index (κ2) is 6.91. The molecule has 94 valence electrons. The Hall–Kier alpha value is -1.55. The first-order chi connectivity index (χ1) is 8.22. The molecule has 0 fully saturated rings. The zero-order valence-electron chi connectivity index (χ0n) is 10.4. The molecule has 0 amide bonds. The van der Waals surface area contributed by atoms with E-state index in [0.717, 1.165) is 24.2 Å². The third kappa shape index (κ3) is 3.75. The van der Waals surface area contributed by atoms with Crippen LogP contribution in [0.25, 0.3) is 0 Å². The van der Waals surface area contributed by atoms with Gasteiger partial charge < -0.3 is 15.2 Å². The van der Waals surface area contributed by atoms with Crippen molar-refractivity contribution in [1.82, 2.24) is 0 Å². The van der Waals surface area contributed by atoms with Crippen LogP contribution in [0.3, 0.4) is 0 Å². The van der Waals surface area contributed by atoms with Crippen molar-refractivity contribution in [2.24, 2.45) is 5.73 Å². The summed E-state index contributed by atoms with van der Waals surface area (Å²) in [4.78, 5) is 11.3. The van der Waals surface area contributed by atoms with Gasteiger partial charge in [0.2, 0.25) is 0 Å². The lowest BCUT2D eigenvalue weighted by atomic mass is 10.1. The Bertz CT molecular complexity index is 377. The highest BCUT2D eigenvalue weighted by atomic mass is 16.5. The van der Waals surface area contributed by atoms with Crippen LogP contribution in [0.5, 0.6) is 5.75 Å². The molecule has 0 heterocycles. The average molecular weight is 237 g/mol. The second-order valence-electron chi connectivity index (χ2n) is 3.72. The van der Waals surface area contributed by atoms with Gasteiger partial charge in [0.1, 0.15) is 5.75 Å². The standard InChI is InChI=1S/C13H19NO3/c1-3-4-7-17-12-6-5-10(13(15)16-2)8-11(12)9-14/h5-6,8H,3-4,7,9,14H2,1-2H3. The number of unbranched alkanes of at least 4 members (excludes halogenated alkanes) is 1. The zero-order valence-corrected chi connectivity index (χ0v) is 10.4. The Morgan fingerprint density at radius 3 is 2.76 bits per heavy atom. The van der Waals surface area contributed by atoms with Crippen LogP contribution in [0.15, 0.2) is 18.2 Å². The van der Waals surface area contributed by atoms with Crippen LogP contribution in [-0.2, 0) is 11.3 Å². The molecular weight excluding hydrogens is 218 g/mol. The van der Waals surface area contributed by atoms with E-state index >= 15 is 0 Å². The lowest BCUT2D eigenvalue weighted by Crippen LogP contribution is -2.07. The van der Waals surface area contributed by atoms with E-state index in [1.54, 1.807) is 18.2 Å². The van der Waals surface area contributed by atoms with Crippen molar-refractivity contribution in [1.29, 1.82) is 0 Å². The Morgan fingerprint density at radius 2 is 2.18 bits per heavy atom. The molecule has 0 aromatic heterocycles. The Labute approximate surface area is 102 Å². The average Bonchev–Trinajstić information content (AvgIpc) is 2.38. The topological polar surface area (TPSA) is 61.5 Å². The van der Waals surface area contributed by atoms with Gasteiger partial charge in [0.15, 0.2) is 0 Å². The van der Waals surface area contributed by atoms with Gasteiger partial charge in [-0.15, -0.1) is 0 Å². The van der Waals surface area contributed by atoms with Crippen molar-refractivity contribution < 1.29 is 14.3 Å². The molecule has 4 heteroatoms. The van der Waals surface area contributed by atoms with Crippen molar-refractivity contribution in [2.75, 3.05) is 13.7 Å². The van der Waals surface area contributed by atoms with Crippen molar-refractivity contribution in [2.45, 2.75) is 26.3 Å². The number of methoxy groups -OCH3 is 1. The van der Waals surface area contributed by atoms with Crippen LogP contribution in [0, 0.1) is 0 Å². The van der Waals surface area contributed by atoms with Crippen LogP contribution >= 0.6 is 0 Å². The third-order valence-corrected chi connectivity index (χ3v) is 2.46. The maximum absolute atomic E-state index is 11.3. The van der Waals surface area contributed by atoms with Crippen molar-refractivity contribution >= 4 is 5.97 Å². The van der Waals surface area contributed by atoms with Crippen LogP contribution in [-0.4, -0.2) is 19.7 Å². The predicted molar refractivity (Wildman–Crippen MR) is 66.1 cm³/mol. The van der Waals surface area contributed by atoms with E-state index in [0.29, 0.717) is 18.7 Å². The van der Waals surface area contributed by atoms with Crippen LogP contribution in [0.2, 0.25) is 0 Å². The highest BCUT2D eigenvalue weighted by molar-refractivity contribution is 5.89. The Kier molecular flexibility index (Phi) is 5.49. The number of benzene rings is 1. The summed E-state index contributed by atoms with van der Waals surface area (Å²) in [6.45, 7) is 3.11. The van der Waals surface area contributed by atoms with Gasteiger partial charge in [-0.2, -0.15) is 0 Å². The first kappa shape index (κ1) is 13.5. The zero-order chi connectivity index (χ0) is 12.7. The molecule has 1 aromatic rings. The molecule has 0 saturated heterocycles. The van der Waals surface area contributed by atoms with Gasteiger partial charge >= 0.3 is 5.97 Å². The summed E-state index contributed by atoms with van der Waals surface area (Å²) in [5, 5.41) is 0. The molecule has 0 aliphatic carbocycles. The van der Waals surface area contributed by atoms with Gasteiger partial charge in [0.25, 0.3) is 0 Å². The number of carbonyl (C=O) groups excluding carboxylic acids is 1. The number of esters is 1. The number of hydrogen-bond acceptors (Lipinski definition) is 4. The molecule has 1 rings (SSSR count). The summed E-state index contributed by atoms with van der Waals surface area (Å²) in [7, 11) is 1.36. The second-order valence-corrected chi connectivity index (χ2v) is 3.72. The third-order valence-electron chi connectivity index (χ3n) is 2.46. The van der Waals surface area contributed by atoms with Gasteiger partial charge in [-0.05, 0) is 24.6 Å². The largest absolute Gasteiger partial charge is 0.493 e. The van der Waals surface area contributed by atoms with Gasteiger partial charge in [-0.25, -0.2) is 4.79 Å². The van der Waals surface area contributed by atoms with E-state index in [1.165, 1.54) is 7.11 Å². The van der Waals surface area contributed by atoms with Gasteiger partial charge in [-0.1, -0.05) is 13.3 Å². The lowest BCUT2D eigenvalue weighted by Gasteiger charge is -2.11. The van der Waals surface area contributed by atoms with Crippen LogP contribution in [0.1, 0.15) is 35.7 Å². The molecule has 1 aromatic carbocycles. The molecule has 0 unspecified atom stereocenters. The molecule has 0 spiro atoms.